The number of hydrogen-bond acceptors (Lipinski definition) is 8. The molecule has 1 unspecified atom stereocenters. The zero-order valence-corrected chi connectivity index (χ0v) is 20.5. The predicted molar refractivity (Wildman–Crippen MR) is 137 cm³/mol. The van der Waals surface area contributed by atoms with Crippen LogP contribution >= 0.6 is 11.3 Å². The Morgan fingerprint density at radius 1 is 1.00 bits per heavy atom. The SMILES string of the molecule is O=C(Nc1cnc(Oc2ccc(-c3cnc(NC4CCOC4)s3)cc2)nc1)Nc1cccc(C(F)(F)F)c1. The van der Waals surface area contributed by atoms with Crippen LogP contribution in [0.1, 0.15) is 12.0 Å². The van der Waals surface area contributed by atoms with Gasteiger partial charge in [-0.15, -0.1) is 0 Å². The molecule has 3 N–H and O–H groups in total. The number of thiazole rings is 1. The van der Waals surface area contributed by atoms with Crippen LogP contribution in [0.5, 0.6) is 11.8 Å². The van der Waals surface area contributed by atoms with Crippen molar-refractivity contribution in [3.8, 4) is 22.2 Å². The number of hydrogen-bond donors (Lipinski definition) is 3. The Kier molecular flexibility index (Phi) is 7.38. The summed E-state index contributed by atoms with van der Waals surface area (Å²) in [7, 11) is 0. The largest absolute Gasteiger partial charge is 0.424 e. The molecule has 1 aliphatic heterocycles. The Bertz CT molecular complexity index is 1390. The zero-order valence-electron chi connectivity index (χ0n) is 19.7. The summed E-state index contributed by atoms with van der Waals surface area (Å²) in [4.78, 5) is 25.7. The highest BCUT2D eigenvalue weighted by molar-refractivity contribution is 7.18. The lowest BCUT2D eigenvalue weighted by atomic mass is 10.2. The van der Waals surface area contributed by atoms with Gasteiger partial charge in [-0.25, -0.2) is 19.7 Å². The second-order valence-electron chi connectivity index (χ2n) is 8.27. The van der Waals surface area contributed by atoms with Gasteiger partial charge in [-0.1, -0.05) is 17.4 Å². The number of amides is 2. The fraction of sp³-hybridized carbons (Fsp3) is 0.200. The van der Waals surface area contributed by atoms with Gasteiger partial charge in [0.15, 0.2) is 5.13 Å². The Morgan fingerprint density at radius 3 is 2.47 bits per heavy atom. The van der Waals surface area contributed by atoms with Crippen LogP contribution in [0.25, 0.3) is 10.4 Å². The number of alkyl halides is 3. The number of carbonyl (C=O) groups is 1. The van der Waals surface area contributed by atoms with Crippen molar-refractivity contribution < 1.29 is 27.4 Å². The van der Waals surface area contributed by atoms with E-state index in [-0.39, 0.29) is 23.4 Å². The average Bonchev–Trinajstić information content (AvgIpc) is 3.58. The number of aromatic nitrogens is 3. The van der Waals surface area contributed by atoms with Gasteiger partial charge < -0.3 is 25.4 Å². The number of anilines is 3. The standard InChI is InChI=1S/C25H21F3N6O3S/c26-25(27,28)16-2-1-3-17(10-16)32-22(35)33-19-11-29-23(30-12-19)37-20-6-4-15(5-7-20)21-13-31-24(38-21)34-18-8-9-36-14-18/h1-7,10-13,18H,8-9,14H2,(H,31,34)(H2,32,33,35). The molecular formula is C25H21F3N6O3S. The maximum absolute atomic E-state index is 12.8. The average molecular weight is 543 g/mol. The minimum atomic E-state index is -4.51. The van der Waals surface area contributed by atoms with E-state index in [9.17, 15) is 18.0 Å². The lowest BCUT2D eigenvalue weighted by Crippen LogP contribution is -2.20. The molecule has 1 fully saturated rings. The molecule has 4 aromatic rings. The fourth-order valence-electron chi connectivity index (χ4n) is 3.59. The Hall–Kier alpha value is -4.23. The Labute approximate surface area is 219 Å². The quantitative estimate of drug-likeness (QED) is 0.253. The highest BCUT2D eigenvalue weighted by Gasteiger charge is 2.30. The minimum absolute atomic E-state index is 0.00382. The number of ether oxygens (including phenoxy) is 2. The zero-order chi connectivity index (χ0) is 26.5. The van der Waals surface area contributed by atoms with Crippen LogP contribution in [0, 0.1) is 0 Å². The van der Waals surface area contributed by atoms with Crippen LogP contribution in [0.2, 0.25) is 0 Å². The van der Waals surface area contributed by atoms with Gasteiger partial charge in [0.25, 0.3) is 0 Å². The van der Waals surface area contributed by atoms with Crippen molar-refractivity contribution in [3.63, 3.8) is 0 Å². The summed E-state index contributed by atoms with van der Waals surface area (Å²) in [6, 6.07) is 11.3. The summed E-state index contributed by atoms with van der Waals surface area (Å²) in [5.41, 5.74) is 0.349. The van der Waals surface area contributed by atoms with Crippen molar-refractivity contribution in [2.45, 2.75) is 18.6 Å². The maximum Gasteiger partial charge on any atom is 0.416 e. The summed E-state index contributed by atoms with van der Waals surface area (Å²) < 4.78 is 49.6. The highest BCUT2D eigenvalue weighted by atomic mass is 32.1. The molecule has 2 aromatic heterocycles. The van der Waals surface area contributed by atoms with Crippen molar-refractivity contribution in [2.24, 2.45) is 0 Å². The van der Waals surface area contributed by atoms with E-state index in [0.29, 0.717) is 12.4 Å². The summed E-state index contributed by atoms with van der Waals surface area (Å²) in [5, 5.41) is 9.04. The van der Waals surface area contributed by atoms with Gasteiger partial charge in [-0.2, -0.15) is 13.2 Å². The number of nitrogens with zero attached hydrogens (tertiary/aromatic N) is 3. The van der Waals surface area contributed by atoms with E-state index in [1.807, 2.05) is 18.3 Å². The first-order valence-electron chi connectivity index (χ1n) is 11.5. The van der Waals surface area contributed by atoms with Crippen LogP contribution in [-0.2, 0) is 10.9 Å². The van der Waals surface area contributed by atoms with Crippen LogP contribution in [0.4, 0.5) is 34.5 Å². The van der Waals surface area contributed by atoms with Gasteiger partial charge >= 0.3 is 18.2 Å². The molecule has 0 radical (unpaired) electrons. The second-order valence-corrected chi connectivity index (χ2v) is 9.30. The number of carbonyl (C=O) groups excluding carboxylic acids is 1. The van der Waals surface area contributed by atoms with Gasteiger partial charge in [-0.05, 0) is 54.4 Å². The van der Waals surface area contributed by atoms with E-state index in [1.165, 1.54) is 24.5 Å². The van der Waals surface area contributed by atoms with Crippen molar-refractivity contribution in [1.29, 1.82) is 0 Å². The third-order valence-electron chi connectivity index (χ3n) is 5.44. The van der Waals surface area contributed by atoms with Crippen LogP contribution in [0.15, 0.2) is 67.1 Å². The number of benzene rings is 2. The van der Waals surface area contributed by atoms with Gasteiger partial charge in [0, 0.05) is 18.5 Å². The smallest absolute Gasteiger partial charge is 0.416 e. The molecule has 13 heteroatoms. The van der Waals surface area contributed by atoms with E-state index in [2.05, 4.69) is 30.9 Å². The van der Waals surface area contributed by atoms with Crippen molar-refractivity contribution in [3.05, 3.63) is 72.7 Å². The third-order valence-corrected chi connectivity index (χ3v) is 6.42. The van der Waals surface area contributed by atoms with E-state index >= 15 is 0 Å². The van der Waals surface area contributed by atoms with E-state index in [4.69, 9.17) is 9.47 Å². The van der Waals surface area contributed by atoms with Gasteiger partial charge in [0.1, 0.15) is 5.75 Å². The molecule has 1 aliphatic rings. The molecule has 38 heavy (non-hydrogen) atoms. The molecule has 1 atom stereocenters. The number of nitrogens with one attached hydrogen (secondary N) is 3. The van der Waals surface area contributed by atoms with Gasteiger partial charge in [0.05, 0.1) is 41.2 Å². The maximum atomic E-state index is 12.8. The summed E-state index contributed by atoms with van der Waals surface area (Å²) >= 11 is 1.56. The molecule has 196 valence electrons. The summed E-state index contributed by atoms with van der Waals surface area (Å²) in [6.45, 7) is 1.45. The number of rotatable bonds is 7. The molecule has 3 heterocycles. The first kappa shape index (κ1) is 25.4. The molecule has 0 aliphatic carbocycles. The molecule has 1 saturated heterocycles. The molecule has 2 amide bonds. The van der Waals surface area contributed by atoms with Gasteiger partial charge in [0.2, 0.25) is 0 Å². The lowest BCUT2D eigenvalue weighted by molar-refractivity contribution is -0.137. The molecule has 0 saturated carbocycles. The topological polar surface area (TPSA) is 110 Å². The fourth-order valence-corrected chi connectivity index (χ4v) is 4.49. The molecule has 0 bridgehead atoms. The van der Waals surface area contributed by atoms with Crippen molar-refractivity contribution >= 4 is 33.9 Å². The number of halogens is 3. The van der Waals surface area contributed by atoms with Crippen LogP contribution in [-0.4, -0.2) is 40.2 Å². The van der Waals surface area contributed by atoms with E-state index in [1.54, 1.807) is 23.5 Å². The normalized spacial score (nSPS) is 15.2. The molecule has 9 nitrogen and oxygen atoms in total. The first-order chi connectivity index (χ1) is 18.3. The van der Waals surface area contributed by atoms with E-state index < -0.39 is 17.8 Å². The molecular weight excluding hydrogens is 521 g/mol. The highest BCUT2D eigenvalue weighted by Crippen LogP contribution is 2.32. The van der Waals surface area contributed by atoms with Gasteiger partial charge in [-0.3, -0.25) is 0 Å². The van der Waals surface area contributed by atoms with Crippen LogP contribution in [0.3, 0.4) is 0 Å². The Morgan fingerprint density at radius 2 is 1.76 bits per heavy atom. The predicted octanol–water partition coefficient (Wildman–Crippen LogP) is 6.26. The summed E-state index contributed by atoms with van der Waals surface area (Å²) in [5.74, 6) is 0.516. The molecule has 2 aromatic carbocycles. The lowest BCUT2D eigenvalue weighted by Gasteiger charge is -2.11. The number of urea groups is 1. The van der Waals surface area contributed by atoms with E-state index in [0.717, 1.165) is 40.7 Å². The Balaban J connectivity index is 1.14. The monoisotopic (exact) mass is 542 g/mol. The van der Waals surface area contributed by atoms with Crippen LogP contribution < -0.4 is 20.7 Å². The second kappa shape index (κ2) is 11.0. The minimum Gasteiger partial charge on any atom is -0.424 e. The molecule has 5 rings (SSSR count). The molecule has 0 spiro atoms. The third kappa shape index (κ3) is 6.55. The van der Waals surface area contributed by atoms with Crippen molar-refractivity contribution in [1.82, 2.24) is 15.0 Å². The van der Waals surface area contributed by atoms with Crippen molar-refractivity contribution in [2.75, 3.05) is 29.2 Å². The summed E-state index contributed by atoms with van der Waals surface area (Å²) in [6.07, 6.45) is 0.919. The first-order valence-corrected chi connectivity index (χ1v) is 12.3.